The molecule has 4 nitrogen and oxygen atoms in total. The Morgan fingerprint density at radius 1 is 1.25 bits per heavy atom. The molecule has 170 valence electrons. The maximum absolute atomic E-state index is 12.6. The van der Waals surface area contributed by atoms with E-state index in [2.05, 4.69) is 29.0 Å². The second-order valence-corrected chi connectivity index (χ2v) is 9.27. The smallest absolute Gasteiger partial charge is 0.312 e. The minimum atomic E-state index is -0.334. The van der Waals surface area contributed by atoms with E-state index in [-0.39, 0.29) is 11.9 Å². The first-order valence-corrected chi connectivity index (χ1v) is 12.5. The zero-order valence-corrected chi connectivity index (χ0v) is 20.6. The van der Waals surface area contributed by atoms with Crippen molar-refractivity contribution in [2.75, 3.05) is 6.61 Å². The van der Waals surface area contributed by atoms with Crippen LogP contribution in [0.2, 0.25) is 5.02 Å². The van der Waals surface area contributed by atoms with Crippen LogP contribution in [0.15, 0.2) is 53.5 Å². The fourth-order valence-electron chi connectivity index (χ4n) is 3.61. The predicted molar refractivity (Wildman–Crippen MR) is 133 cm³/mol. The highest BCUT2D eigenvalue weighted by molar-refractivity contribution is 7.09. The molecule has 2 aromatic heterocycles. The van der Waals surface area contributed by atoms with Crippen molar-refractivity contribution in [1.82, 2.24) is 9.55 Å². The lowest BCUT2D eigenvalue weighted by molar-refractivity contribution is -0.146. The van der Waals surface area contributed by atoms with Crippen LogP contribution in [-0.4, -0.2) is 22.1 Å². The molecule has 2 heterocycles. The standard InChI is InChI=1S/C26H31ClN2O2S/c1-4-6-13-25-28-17-22(29(25)18-20-10-7-8-12-24(20)27)15-21(16-23-11-9-14-32-23)19(3)26(30)31-5-2/h7-12,14-15,17,19H,4-6,13,16,18H2,1-3H3. The highest BCUT2D eigenvalue weighted by atomic mass is 35.5. The molecule has 6 heteroatoms. The number of halogens is 1. The third kappa shape index (κ3) is 6.33. The second kappa shape index (κ2) is 12.0. The molecule has 1 aromatic carbocycles. The molecule has 0 aliphatic heterocycles. The van der Waals surface area contributed by atoms with Crippen molar-refractivity contribution in [3.8, 4) is 0 Å². The molecule has 3 aromatic rings. The third-order valence-electron chi connectivity index (χ3n) is 5.50. The van der Waals surface area contributed by atoms with Crippen LogP contribution in [0.25, 0.3) is 6.08 Å². The number of thiophene rings is 1. The number of carbonyl (C=O) groups is 1. The number of carbonyl (C=O) groups excluding carboxylic acids is 1. The lowest BCUT2D eigenvalue weighted by Gasteiger charge is -2.16. The van der Waals surface area contributed by atoms with Gasteiger partial charge in [-0.3, -0.25) is 4.79 Å². The Kier molecular flexibility index (Phi) is 9.12. The lowest BCUT2D eigenvalue weighted by atomic mass is 9.96. The normalized spacial score (nSPS) is 12.7. The van der Waals surface area contributed by atoms with E-state index in [1.54, 1.807) is 11.3 Å². The Morgan fingerprint density at radius 2 is 2.06 bits per heavy atom. The van der Waals surface area contributed by atoms with Crippen LogP contribution in [0, 0.1) is 5.92 Å². The number of rotatable bonds is 11. The summed E-state index contributed by atoms with van der Waals surface area (Å²) in [6.07, 6.45) is 7.81. The van der Waals surface area contributed by atoms with Gasteiger partial charge in [0.2, 0.25) is 0 Å². The van der Waals surface area contributed by atoms with Crippen LogP contribution in [0.4, 0.5) is 0 Å². The Morgan fingerprint density at radius 3 is 2.75 bits per heavy atom. The van der Waals surface area contributed by atoms with E-state index in [4.69, 9.17) is 21.3 Å². The Hall–Kier alpha value is -2.37. The molecule has 32 heavy (non-hydrogen) atoms. The van der Waals surface area contributed by atoms with Gasteiger partial charge < -0.3 is 9.30 Å². The molecule has 0 radical (unpaired) electrons. The van der Waals surface area contributed by atoms with Gasteiger partial charge in [-0.2, -0.15) is 0 Å². The van der Waals surface area contributed by atoms with E-state index in [1.165, 1.54) is 4.88 Å². The molecule has 1 atom stereocenters. The van der Waals surface area contributed by atoms with Crippen LogP contribution in [0.5, 0.6) is 0 Å². The lowest BCUT2D eigenvalue weighted by Crippen LogP contribution is -2.18. The summed E-state index contributed by atoms with van der Waals surface area (Å²) in [7, 11) is 0. The first-order chi connectivity index (χ1) is 15.5. The summed E-state index contributed by atoms with van der Waals surface area (Å²) in [6, 6.07) is 12.1. The van der Waals surface area contributed by atoms with E-state index in [0.717, 1.165) is 46.9 Å². The van der Waals surface area contributed by atoms with Gasteiger partial charge in [0.15, 0.2) is 0 Å². The average molecular weight is 471 g/mol. The number of aryl methyl sites for hydroxylation is 1. The highest BCUT2D eigenvalue weighted by Gasteiger charge is 2.21. The van der Waals surface area contributed by atoms with Gasteiger partial charge in [0.25, 0.3) is 0 Å². The first kappa shape index (κ1) is 24.3. The summed E-state index contributed by atoms with van der Waals surface area (Å²) < 4.78 is 7.55. The van der Waals surface area contributed by atoms with Crippen molar-refractivity contribution < 1.29 is 9.53 Å². The number of unbranched alkanes of at least 4 members (excludes halogenated alkanes) is 1. The minimum absolute atomic E-state index is 0.196. The van der Waals surface area contributed by atoms with Crippen LogP contribution in [0.1, 0.15) is 55.6 Å². The largest absolute Gasteiger partial charge is 0.466 e. The highest BCUT2D eigenvalue weighted by Crippen LogP contribution is 2.26. The Balaban J connectivity index is 2.01. The molecule has 0 aliphatic carbocycles. The van der Waals surface area contributed by atoms with Crippen molar-refractivity contribution >= 4 is 35.0 Å². The molecule has 0 saturated carbocycles. The molecule has 0 spiro atoms. The van der Waals surface area contributed by atoms with Gasteiger partial charge in [-0.1, -0.05) is 49.2 Å². The van der Waals surface area contributed by atoms with Gasteiger partial charge in [-0.05, 0) is 55.0 Å². The van der Waals surface area contributed by atoms with Gasteiger partial charge in [0.1, 0.15) is 5.82 Å². The van der Waals surface area contributed by atoms with Crippen LogP contribution in [-0.2, 0) is 28.9 Å². The zero-order valence-electron chi connectivity index (χ0n) is 19.0. The molecule has 3 rings (SSSR count). The fourth-order valence-corrected chi connectivity index (χ4v) is 4.54. The zero-order chi connectivity index (χ0) is 22.9. The van der Waals surface area contributed by atoms with Crippen LogP contribution >= 0.6 is 22.9 Å². The summed E-state index contributed by atoms with van der Waals surface area (Å²) in [4.78, 5) is 18.5. The molecular weight excluding hydrogens is 440 g/mol. The van der Waals surface area contributed by atoms with Gasteiger partial charge in [0, 0.05) is 22.7 Å². The van der Waals surface area contributed by atoms with Crippen molar-refractivity contribution in [2.24, 2.45) is 5.92 Å². The average Bonchev–Trinajstić information content (AvgIpc) is 3.43. The quantitative estimate of drug-likeness (QED) is 0.289. The number of hydrogen-bond donors (Lipinski definition) is 0. The Bertz CT molecular complexity index is 1040. The summed E-state index contributed by atoms with van der Waals surface area (Å²) in [5.74, 6) is 0.510. The fraction of sp³-hybridized carbons (Fsp3) is 0.385. The molecule has 1 unspecified atom stereocenters. The second-order valence-electron chi connectivity index (χ2n) is 7.83. The third-order valence-corrected chi connectivity index (χ3v) is 6.74. The van der Waals surface area contributed by atoms with Crippen molar-refractivity contribution in [3.63, 3.8) is 0 Å². The number of esters is 1. The number of aromatic nitrogens is 2. The summed E-state index contributed by atoms with van der Waals surface area (Å²) in [5.41, 5.74) is 3.06. The van der Waals surface area contributed by atoms with E-state index in [1.807, 2.05) is 50.4 Å². The van der Waals surface area contributed by atoms with E-state index < -0.39 is 0 Å². The number of ether oxygens (including phenoxy) is 1. The van der Waals surface area contributed by atoms with E-state index in [0.29, 0.717) is 19.6 Å². The number of imidazole rings is 1. The molecule has 0 aliphatic rings. The molecular formula is C26H31ClN2O2S. The van der Waals surface area contributed by atoms with Crippen molar-refractivity contribution in [3.05, 3.63) is 80.5 Å². The minimum Gasteiger partial charge on any atom is -0.466 e. The van der Waals surface area contributed by atoms with E-state index >= 15 is 0 Å². The molecule has 0 bridgehead atoms. The molecule has 0 N–H and O–H groups in total. The van der Waals surface area contributed by atoms with Gasteiger partial charge in [-0.25, -0.2) is 4.98 Å². The molecule has 0 amide bonds. The first-order valence-electron chi connectivity index (χ1n) is 11.2. The number of hydrogen-bond acceptors (Lipinski definition) is 4. The Labute approximate surface area is 199 Å². The van der Waals surface area contributed by atoms with Crippen molar-refractivity contribution in [1.29, 1.82) is 0 Å². The van der Waals surface area contributed by atoms with Gasteiger partial charge in [0.05, 0.1) is 31.0 Å². The summed E-state index contributed by atoms with van der Waals surface area (Å²) in [5, 5.41) is 2.81. The van der Waals surface area contributed by atoms with Crippen molar-refractivity contribution in [2.45, 2.75) is 53.0 Å². The topological polar surface area (TPSA) is 44.1 Å². The van der Waals surface area contributed by atoms with Crippen LogP contribution in [0.3, 0.4) is 0 Å². The maximum Gasteiger partial charge on any atom is 0.312 e. The summed E-state index contributed by atoms with van der Waals surface area (Å²) >= 11 is 8.17. The monoisotopic (exact) mass is 470 g/mol. The van der Waals surface area contributed by atoms with Crippen LogP contribution < -0.4 is 0 Å². The van der Waals surface area contributed by atoms with E-state index in [9.17, 15) is 4.79 Å². The SMILES string of the molecule is CCCCc1ncc(C=C(Cc2cccs2)C(C)C(=O)OCC)n1Cc1ccccc1Cl. The van der Waals surface area contributed by atoms with Gasteiger partial charge >= 0.3 is 5.97 Å². The van der Waals surface area contributed by atoms with Gasteiger partial charge in [-0.15, -0.1) is 11.3 Å². The molecule has 0 saturated heterocycles. The molecule has 0 fully saturated rings. The number of benzene rings is 1. The summed E-state index contributed by atoms with van der Waals surface area (Å²) in [6.45, 7) is 6.96. The predicted octanol–water partition coefficient (Wildman–Crippen LogP) is 6.81. The maximum atomic E-state index is 12.6. The number of nitrogens with zero attached hydrogens (tertiary/aromatic N) is 2.